The molecule has 1 spiro atoms. The fourth-order valence-corrected chi connectivity index (χ4v) is 5.21. The van der Waals surface area contributed by atoms with Crippen molar-refractivity contribution in [3.8, 4) is 22.4 Å². The van der Waals surface area contributed by atoms with E-state index in [1.54, 1.807) is 11.1 Å². The minimum atomic E-state index is 0.615. The van der Waals surface area contributed by atoms with Crippen molar-refractivity contribution in [3.05, 3.63) is 78.0 Å². The van der Waals surface area contributed by atoms with E-state index in [0.717, 1.165) is 5.69 Å². The van der Waals surface area contributed by atoms with Crippen LogP contribution in [0.3, 0.4) is 0 Å². The van der Waals surface area contributed by atoms with E-state index in [1.165, 1.54) is 68.1 Å². The molecule has 5 rings (SSSR count). The van der Waals surface area contributed by atoms with Crippen LogP contribution < -0.4 is 0 Å². The Morgan fingerprint density at radius 3 is 2.33 bits per heavy atom. The van der Waals surface area contributed by atoms with Gasteiger partial charge in [0.2, 0.25) is 0 Å². The van der Waals surface area contributed by atoms with Crippen molar-refractivity contribution in [2.24, 2.45) is 5.41 Å². The fraction of sp³-hybridized carbons (Fsp3) is 0.346. The molecule has 0 bridgehead atoms. The number of fused-ring (bicyclic) bond motifs is 1. The van der Waals surface area contributed by atoms with E-state index in [1.807, 2.05) is 6.20 Å². The van der Waals surface area contributed by atoms with Crippen molar-refractivity contribution in [1.82, 2.24) is 4.98 Å². The predicted octanol–water partition coefficient (Wildman–Crippen LogP) is 6.85. The third-order valence-electron chi connectivity index (χ3n) is 6.77. The zero-order valence-corrected chi connectivity index (χ0v) is 16.0. The Bertz CT molecular complexity index is 935. The maximum atomic E-state index is 4.58. The number of nitrogens with zero attached hydrogens (tertiary/aromatic N) is 1. The number of hydrogen-bond donors (Lipinski definition) is 0. The van der Waals surface area contributed by atoms with Crippen LogP contribution in [0, 0.1) is 5.41 Å². The monoisotopic (exact) mass is 353 g/mol. The van der Waals surface area contributed by atoms with Crippen molar-refractivity contribution < 1.29 is 0 Å². The molecule has 0 N–H and O–H groups in total. The highest BCUT2D eigenvalue weighted by Gasteiger charge is 2.35. The summed E-state index contributed by atoms with van der Waals surface area (Å²) < 4.78 is 0. The first-order valence-electron chi connectivity index (χ1n) is 10.5. The largest absolute Gasteiger partial charge is 0.256 e. The highest BCUT2D eigenvalue weighted by Crippen LogP contribution is 2.46. The van der Waals surface area contributed by atoms with Gasteiger partial charge < -0.3 is 0 Å². The van der Waals surface area contributed by atoms with Crippen molar-refractivity contribution in [2.45, 2.75) is 51.4 Å². The van der Waals surface area contributed by atoms with E-state index in [4.69, 9.17) is 0 Å². The maximum Gasteiger partial charge on any atom is 0.0708 e. The Labute approximate surface area is 162 Å². The first-order valence-corrected chi connectivity index (χ1v) is 10.5. The summed E-state index contributed by atoms with van der Waals surface area (Å²) in [5.74, 6) is 0. The first kappa shape index (κ1) is 16.7. The van der Waals surface area contributed by atoms with Crippen LogP contribution in [0.2, 0.25) is 0 Å². The highest BCUT2D eigenvalue weighted by atomic mass is 14.7. The summed E-state index contributed by atoms with van der Waals surface area (Å²) >= 11 is 0. The van der Waals surface area contributed by atoms with Gasteiger partial charge in [-0.1, -0.05) is 67.8 Å². The van der Waals surface area contributed by atoms with Crippen LogP contribution in [0.25, 0.3) is 22.4 Å². The smallest absolute Gasteiger partial charge is 0.0708 e. The molecule has 1 heterocycles. The van der Waals surface area contributed by atoms with Crippen molar-refractivity contribution in [3.63, 3.8) is 0 Å². The molecule has 2 aliphatic carbocycles. The van der Waals surface area contributed by atoms with Crippen LogP contribution >= 0.6 is 0 Å². The van der Waals surface area contributed by atoms with Crippen molar-refractivity contribution >= 4 is 0 Å². The summed E-state index contributed by atoms with van der Waals surface area (Å²) in [4.78, 5) is 4.58. The summed E-state index contributed by atoms with van der Waals surface area (Å²) in [5.41, 5.74) is 8.61. The number of pyridine rings is 1. The lowest BCUT2D eigenvalue weighted by Gasteiger charge is -2.41. The number of benzene rings is 2. The zero-order chi connectivity index (χ0) is 18.1. The summed E-state index contributed by atoms with van der Waals surface area (Å²) in [7, 11) is 0. The molecule has 0 unspecified atom stereocenters. The fourth-order valence-electron chi connectivity index (χ4n) is 5.21. The molecular formula is C26H27N. The lowest BCUT2D eigenvalue weighted by atomic mass is 9.64. The average molecular weight is 354 g/mol. The van der Waals surface area contributed by atoms with E-state index >= 15 is 0 Å². The Morgan fingerprint density at radius 2 is 1.48 bits per heavy atom. The molecule has 1 saturated carbocycles. The molecule has 1 heteroatoms. The second-order valence-electron chi connectivity index (χ2n) is 8.52. The molecule has 1 aromatic heterocycles. The van der Waals surface area contributed by atoms with Gasteiger partial charge in [-0.15, -0.1) is 0 Å². The molecule has 0 amide bonds. The molecule has 136 valence electrons. The lowest BCUT2D eigenvalue weighted by Crippen LogP contribution is -2.31. The second-order valence-corrected chi connectivity index (χ2v) is 8.52. The molecule has 1 fully saturated rings. The molecular weight excluding hydrogens is 326 g/mol. The standard InChI is InChI=1S/C26H27N/c1-3-7-20(8-4-1)25-18-23(12-16-27-25)21-9-10-24-19-26(13-5-2-6-14-26)15-11-22(24)17-21/h1,3-4,7-10,12,16-18H,2,5-6,11,13-15,19H2. The normalized spacial score (nSPS) is 18.2. The minimum Gasteiger partial charge on any atom is -0.256 e. The van der Waals surface area contributed by atoms with Gasteiger partial charge in [0.05, 0.1) is 5.69 Å². The maximum absolute atomic E-state index is 4.58. The molecule has 0 radical (unpaired) electrons. The van der Waals surface area contributed by atoms with Gasteiger partial charge >= 0.3 is 0 Å². The van der Waals surface area contributed by atoms with E-state index in [9.17, 15) is 0 Å². The number of aryl methyl sites for hydroxylation is 1. The Balaban J connectivity index is 1.44. The summed E-state index contributed by atoms with van der Waals surface area (Å²) in [6, 6.07) is 22.0. The van der Waals surface area contributed by atoms with E-state index in [2.05, 4.69) is 65.6 Å². The van der Waals surface area contributed by atoms with Gasteiger partial charge in [0.25, 0.3) is 0 Å². The quantitative estimate of drug-likeness (QED) is 0.490. The molecule has 2 aromatic carbocycles. The first-order chi connectivity index (χ1) is 13.3. The lowest BCUT2D eigenvalue weighted by molar-refractivity contribution is 0.162. The van der Waals surface area contributed by atoms with E-state index in [-0.39, 0.29) is 0 Å². The third kappa shape index (κ3) is 3.32. The van der Waals surface area contributed by atoms with Crippen LogP contribution in [0.4, 0.5) is 0 Å². The van der Waals surface area contributed by atoms with Gasteiger partial charge in [-0.3, -0.25) is 4.98 Å². The van der Waals surface area contributed by atoms with Crippen LogP contribution in [0.5, 0.6) is 0 Å². The van der Waals surface area contributed by atoms with Crippen molar-refractivity contribution in [2.75, 3.05) is 0 Å². The molecule has 2 aliphatic rings. The Kier molecular flexibility index (Phi) is 4.32. The van der Waals surface area contributed by atoms with Crippen LogP contribution in [0.1, 0.15) is 49.7 Å². The molecule has 0 atom stereocenters. The molecule has 3 aromatic rings. The SMILES string of the molecule is c1ccc(-c2cc(-c3ccc4c(c3)CCC3(CCCCC3)C4)ccn2)cc1. The number of rotatable bonds is 2. The van der Waals surface area contributed by atoms with Gasteiger partial charge in [-0.05, 0) is 71.9 Å². The second kappa shape index (κ2) is 6.96. The molecule has 0 aliphatic heterocycles. The van der Waals surface area contributed by atoms with Crippen LogP contribution in [0.15, 0.2) is 66.9 Å². The number of hydrogen-bond acceptors (Lipinski definition) is 1. The summed E-state index contributed by atoms with van der Waals surface area (Å²) in [6.07, 6.45) is 13.1. The predicted molar refractivity (Wildman–Crippen MR) is 113 cm³/mol. The highest BCUT2D eigenvalue weighted by molar-refractivity contribution is 5.71. The van der Waals surface area contributed by atoms with Gasteiger partial charge in [0.15, 0.2) is 0 Å². The Morgan fingerprint density at radius 1 is 0.667 bits per heavy atom. The zero-order valence-electron chi connectivity index (χ0n) is 16.0. The summed E-state index contributed by atoms with van der Waals surface area (Å²) in [5, 5.41) is 0. The topological polar surface area (TPSA) is 12.9 Å². The van der Waals surface area contributed by atoms with Crippen LogP contribution in [-0.4, -0.2) is 4.98 Å². The van der Waals surface area contributed by atoms with Gasteiger partial charge in [0, 0.05) is 11.8 Å². The van der Waals surface area contributed by atoms with E-state index in [0.29, 0.717) is 5.41 Å². The van der Waals surface area contributed by atoms with Gasteiger partial charge in [0.1, 0.15) is 0 Å². The third-order valence-corrected chi connectivity index (χ3v) is 6.77. The average Bonchev–Trinajstić information content (AvgIpc) is 2.75. The Hall–Kier alpha value is -2.41. The van der Waals surface area contributed by atoms with E-state index < -0.39 is 0 Å². The molecule has 27 heavy (non-hydrogen) atoms. The van der Waals surface area contributed by atoms with Gasteiger partial charge in [-0.2, -0.15) is 0 Å². The molecule has 0 saturated heterocycles. The minimum absolute atomic E-state index is 0.615. The number of aromatic nitrogens is 1. The van der Waals surface area contributed by atoms with Gasteiger partial charge in [-0.25, -0.2) is 0 Å². The molecule has 1 nitrogen and oxygen atoms in total. The summed E-state index contributed by atoms with van der Waals surface area (Å²) in [6.45, 7) is 0. The van der Waals surface area contributed by atoms with Crippen LogP contribution in [-0.2, 0) is 12.8 Å². The van der Waals surface area contributed by atoms with Crippen molar-refractivity contribution in [1.29, 1.82) is 0 Å².